The van der Waals surface area contributed by atoms with Crippen LogP contribution < -0.4 is 10.1 Å². The molecule has 6 heteroatoms. The first kappa shape index (κ1) is 21.6. The van der Waals surface area contributed by atoms with E-state index in [0.717, 1.165) is 55.8 Å². The molecule has 1 aromatic heterocycles. The Labute approximate surface area is 179 Å². The minimum absolute atomic E-state index is 0. The highest BCUT2D eigenvalue weighted by atomic mass is 35.5. The van der Waals surface area contributed by atoms with Crippen LogP contribution in [0.15, 0.2) is 48.8 Å². The van der Waals surface area contributed by atoms with Crippen molar-refractivity contribution < 1.29 is 9.53 Å². The van der Waals surface area contributed by atoms with Gasteiger partial charge < -0.3 is 15.0 Å². The van der Waals surface area contributed by atoms with Crippen LogP contribution in [0.3, 0.4) is 0 Å². The number of nitrogens with zero attached hydrogens (tertiary/aromatic N) is 2. The smallest absolute Gasteiger partial charge is 0.223 e. The van der Waals surface area contributed by atoms with E-state index in [4.69, 9.17) is 4.74 Å². The predicted octanol–water partition coefficient (Wildman–Crippen LogP) is 3.93. The third kappa shape index (κ3) is 5.71. The second kappa shape index (κ2) is 10.6. The van der Waals surface area contributed by atoms with E-state index in [1.807, 2.05) is 29.3 Å². The van der Waals surface area contributed by atoms with Crippen LogP contribution in [0.5, 0.6) is 5.75 Å². The van der Waals surface area contributed by atoms with Crippen molar-refractivity contribution in [2.45, 2.75) is 50.7 Å². The van der Waals surface area contributed by atoms with Crippen LogP contribution in [-0.2, 0) is 11.2 Å². The molecule has 1 aromatic carbocycles. The third-order valence-corrected chi connectivity index (χ3v) is 5.76. The molecule has 4 rings (SSSR count). The Morgan fingerprint density at radius 3 is 2.86 bits per heavy atom. The van der Waals surface area contributed by atoms with E-state index in [1.165, 1.54) is 12.8 Å². The number of nitrogens with one attached hydrogen (secondary N) is 1. The first-order valence-electron chi connectivity index (χ1n) is 10.5. The van der Waals surface area contributed by atoms with Crippen molar-refractivity contribution in [3.63, 3.8) is 0 Å². The number of hydrogen-bond acceptors (Lipinski definition) is 4. The van der Waals surface area contributed by atoms with Crippen LogP contribution in [0.4, 0.5) is 0 Å². The number of ether oxygens (including phenoxy) is 1. The van der Waals surface area contributed by atoms with E-state index in [-0.39, 0.29) is 24.4 Å². The lowest BCUT2D eigenvalue weighted by Crippen LogP contribution is -2.48. The second-order valence-electron chi connectivity index (χ2n) is 7.77. The van der Waals surface area contributed by atoms with Gasteiger partial charge in [0.25, 0.3) is 0 Å². The quantitative estimate of drug-likeness (QED) is 0.776. The predicted molar refractivity (Wildman–Crippen MR) is 116 cm³/mol. The van der Waals surface area contributed by atoms with Gasteiger partial charge in [-0.15, -0.1) is 12.4 Å². The molecular formula is C23H30ClN3O2. The van der Waals surface area contributed by atoms with Gasteiger partial charge in [0.05, 0.1) is 12.1 Å². The van der Waals surface area contributed by atoms with Crippen LogP contribution in [0.25, 0.3) is 0 Å². The molecule has 1 unspecified atom stereocenters. The number of hydrogen-bond donors (Lipinski definition) is 1. The molecule has 1 atom stereocenters. The van der Waals surface area contributed by atoms with E-state index in [1.54, 1.807) is 6.20 Å². The van der Waals surface area contributed by atoms with Gasteiger partial charge in [-0.25, -0.2) is 0 Å². The molecule has 1 aliphatic heterocycles. The van der Waals surface area contributed by atoms with E-state index >= 15 is 0 Å². The van der Waals surface area contributed by atoms with Crippen molar-refractivity contribution in [3.8, 4) is 5.75 Å². The summed E-state index contributed by atoms with van der Waals surface area (Å²) in [5.41, 5.74) is 2.26. The summed E-state index contributed by atoms with van der Waals surface area (Å²) in [6.45, 7) is 2.36. The van der Waals surface area contributed by atoms with Crippen molar-refractivity contribution in [2.24, 2.45) is 0 Å². The lowest BCUT2D eigenvalue weighted by molar-refractivity contribution is -0.134. The Balaban J connectivity index is 0.00000240. The maximum atomic E-state index is 13.0. The lowest BCUT2D eigenvalue weighted by atomic mass is 10.0. The van der Waals surface area contributed by atoms with E-state index < -0.39 is 0 Å². The molecule has 0 bridgehead atoms. The fraction of sp³-hybridized carbons (Fsp3) is 0.478. The van der Waals surface area contributed by atoms with Crippen LogP contribution >= 0.6 is 12.4 Å². The molecule has 2 aliphatic rings. The zero-order valence-electron chi connectivity index (χ0n) is 16.8. The summed E-state index contributed by atoms with van der Waals surface area (Å²) in [6.07, 6.45) is 10.1. The van der Waals surface area contributed by atoms with Gasteiger partial charge in [0.2, 0.25) is 5.91 Å². The number of aryl methyl sites for hydroxylation is 1. The van der Waals surface area contributed by atoms with Gasteiger partial charge in [0, 0.05) is 38.4 Å². The number of halogens is 1. The normalized spacial score (nSPS) is 19.6. The van der Waals surface area contributed by atoms with Gasteiger partial charge in [-0.3, -0.25) is 9.78 Å². The van der Waals surface area contributed by atoms with Crippen molar-refractivity contribution in [1.82, 2.24) is 15.2 Å². The largest absolute Gasteiger partial charge is 0.490 e. The molecule has 1 saturated heterocycles. The number of amides is 1. The Bertz CT molecular complexity index is 781. The van der Waals surface area contributed by atoms with Crippen molar-refractivity contribution >= 4 is 18.3 Å². The van der Waals surface area contributed by atoms with Gasteiger partial charge in [0.15, 0.2) is 0 Å². The average molecular weight is 416 g/mol. The Kier molecular flexibility index (Phi) is 7.90. The molecule has 1 saturated carbocycles. The highest BCUT2D eigenvalue weighted by Gasteiger charge is 2.27. The number of benzene rings is 1. The van der Waals surface area contributed by atoms with Crippen molar-refractivity contribution in [2.75, 3.05) is 19.6 Å². The van der Waals surface area contributed by atoms with Gasteiger partial charge in [-0.2, -0.15) is 0 Å². The van der Waals surface area contributed by atoms with E-state index in [9.17, 15) is 4.79 Å². The minimum atomic E-state index is 0. The molecule has 0 spiro atoms. The maximum Gasteiger partial charge on any atom is 0.223 e. The van der Waals surface area contributed by atoms with Gasteiger partial charge in [-0.05, 0) is 61.4 Å². The molecule has 2 fully saturated rings. The summed E-state index contributed by atoms with van der Waals surface area (Å²) in [5, 5.41) is 3.40. The summed E-state index contributed by atoms with van der Waals surface area (Å²) in [4.78, 5) is 19.2. The Morgan fingerprint density at radius 1 is 1.21 bits per heavy atom. The summed E-state index contributed by atoms with van der Waals surface area (Å²) in [6, 6.07) is 12.3. The zero-order chi connectivity index (χ0) is 19.2. The van der Waals surface area contributed by atoms with E-state index in [0.29, 0.717) is 12.5 Å². The molecule has 29 heavy (non-hydrogen) atoms. The summed E-state index contributed by atoms with van der Waals surface area (Å²) >= 11 is 0. The van der Waals surface area contributed by atoms with Gasteiger partial charge in [-0.1, -0.05) is 18.2 Å². The van der Waals surface area contributed by atoms with Crippen LogP contribution in [0.1, 0.15) is 49.3 Å². The summed E-state index contributed by atoms with van der Waals surface area (Å²) < 4.78 is 6.10. The fourth-order valence-electron chi connectivity index (χ4n) is 4.24. The summed E-state index contributed by atoms with van der Waals surface area (Å²) in [7, 11) is 0. The number of pyridine rings is 1. The zero-order valence-corrected chi connectivity index (χ0v) is 17.6. The number of aromatic nitrogens is 1. The molecule has 1 aliphatic carbocycles. The molecule has 2 aromatic rings. The second-order valence-corrected chi connectivity index (χ2v) is 7.77. The Morgan fingerprint density at radius 2 is 2.07 bits per heavy atom. The molecule has 2 heterocycles. The fourth-order valence-corrected chi connectivity index (χ4v) is 4.24. The highest BCUT2D eigenvalue weighted by molar-refractivity contribution is 5.85. The van der Waals surface area contributed by atoms with Gasteiger partial charge in [0.1, 0.15) is 5.75 Å². The topological polar surface area (TPSA) is 54.5 Å². The standard InChI is InChI=1S/C23H29N3O2.ClH/c27-23(26-14-13-25-17-22(26)19-6-4-12-24-16-19)11-10-18-5-3-9-21(15-18)28-20-7-1-2-8-20;/h3-6,9,12,15-16,20,22,25H,1-2,7-8,10-11,13-14,17H2;1H. The highest BCUT2D eigenvalue weighted by Crippen LogP contribution is 2.26. The number of rotatable bonds is 6. The van der Waals surface area contributed by atoms with Crippen LogP contribution in [0.2, 0.25) is 0 Å². The molecule has 0 radical (unpaired) electrons. The van der Waals surface area contributed by atoms with Crippen LogP contribution in [0, 0.1) is 0 Å². The van der Waals surface area contributed by atoms with Crippen molar-refractivity contribution in [3.05, 3.63) is 59.9 Å². The first-order valence-corrected chi connectivity index (χ1v) is 10.5. The summed E-state index contributed by atoms with van der Waals surface area (Å²) in [5.74, 6) is 1.14. The van der Waals surface area contributed by atoms with E-state index in [2.05, 4.69) is 28.5 Å². The number of carbonyl (C=O) groups excluding carboxylic acids is 1. The molecular weight excluding hydrogens is 386 g/mol. The molecule has 1 N–H and O–H groups in total. The van der Waals surface area contributed by atoms with Crippen LogP contribution in [-0.4, -0.2) is 41.5 Å². The van der Waals surface area contributed by atoms with Crippen molar-refractivity contribution in [1.29, 1.82) is 0 Å². The molecule has 156 valence electrons. The monoisotopic (exact) mass is 415 g/mol. The minimum Gasteiger partial charge on any atom is -0.490 e. The average Bonchev–Trinajstić information content (AvgIpc) is 3.26. The number of piperazine rings is 1. The molecule has 1 amide bonds. The first-order chi connectivity index (χ1) is 13.8. The number of carbonyl (C=O) groups is 1. The maximum absolute atomic E-state index is 13.0. The molecule has 5 nitrogen and oxygen atoms in total. The lowest BCUT2D eigenvalue weighted by Gasteiger charge is -2.36. The third-order valence-electron chi connectivity index (χ3n) is 5.76. The SMILES string of the molecule is Cl.O=C(CCc1cccc(OC2CCCC2)c1)N1CCNCC1c1cccnc1. The Hall–Kier alpha value is -2.11. The van der Waals surface area contributed by atoms with Gasteiger partial charge >= 0.3 is 0 Å².